The van der Waals surface area contributed by atoms with Gasteiger partial charge in [0.15, 0.2) is 0 Å². The molecule has 1 nitrogen and oxygen atoms in total. The Balaban J connectivity index is 2.09. The number of hydrogen-bond acceptors (Lipinski definition) is 1. The molecule has 0 radical (unpaired) electrons. The van der Waals surface area contributed by atoms with Gasteiger partial charge in [-0.15, -0.1) is 6.58 Å². The quantitative estimate of drug-likeness (QED) is 0.617. The molecule has 1 aliphatic rings. The first-order valence-corrected chi connectivity index (χ1v) is 4.60. The third-order valence-electron chi connectivity index (χ3n) is 2.66. The first kappa shape index (κ1) is 8.79. The van der Waals surface area contributed by atoms with Crippen molar-refractivity contribution < 1.29 is 0 Å². The van der Waals surface area contributed by atoms with E-state index in [9.17, 15) is 0 Å². The summed E-state index contributed by atoms with van der Waals surface area (Å²) in [5, 5.41) is 0. The minimum absolute atomic E-state index is 0.445. The number of hydrogen-bond donors (Lipinski definition) is 1. The Morgan fingerprint density at radius 3 is 2.64 bits per heavy atom. The lowest BCUT2D eigenvalue weighted by atomic mass is 9.78. The van der Waals surface area contributed by atoms with Gasteiger partial charge in [-0.05, 0) is 38.5 Å². The summed E-state index contributed by atoms with van der Waals surface area (Å²) in [5.74, 6) is 0.828. The van der Waals surface area contributed by atoms with Crippen LogP contribution in [0.5, 0.6) is 0 Å². The van der Waals surface area contributed by atoms with E-state index in [1.165, 1.54) is 24.8 Å². The van der Waals surface area contributed by atoms with E-state index in [0.29, 0.717) is 6.04 Å². The second-order valence-corrected chi connectivity index (χ2v) is 3.85. The van der Waals surface area contributed by atoms with Crippen molar-refractivity contribution in [1.82, 2.24) is 0 Å². The molecule has 0 aromatic rings. The van der Waals surface area contributed by atoms with Gasteiger partial charge < -0.3 is 5.73 Å². The van der Waals surface area contributed by atoms with Crippen molar-refractivity contribution in [2.24, 2.45) is 11.7 Å². The van der Waals surface area contributed by atoms with E-state index in [2.05, 4.69) is 13.5 Å². The molecular weight excluding hydrogens is 134 g/mol. The molecule has 1 rings (SSSR count). The largest absolute Gasteiger partial charge is 0.327 e. The second-order valence-electron chi connectivity index (χ2n) is 3.85. The van der Waals surface area contributed by atoms with Gasteiger partial charge in [0.2, 0.25) is 0 Å². The van der Waals surface area contributed by atoms with Crippen LogP contribution in [0.15, 0.2) is 12.2 Å². The fourth-order valence-electron chi connectivity index (χ4n) is 1.52. The van der Waals surface area contributed by atoms with Crippen molar-refractivity contribution in [2.45, 2.75) is 45.1 Å². The standard InChI is InChI=1S/C10H19N/c1-8(2)6-7-10(11)9-4-3-5-9/h9-10H,1,3-7,11H2,2H3. The van der Waals surface area contributed by atoms with Crippen LogP contribution >= 0.6 is 0 Å². The van der Waals surface area contributed by atoms with Gasteiger partial charge >= 0.3 is 0 Å². The van der Waals surface area contributed by atoms with Crippen LogP contribution in [0.4, 0.5) is 0 Å². The third kappa shape index (κ3) is 2.66. The highest BCUT2D eigenvalue weighted by Crippen LogP contribution is 2.30. The van der Waals surface area contributed by atoms with Crippen LogP contribution in [0.2, 0.25) is 0 Å². The van der Waals surface area contributed by atoms with Gasteiger partial charge in [0.25, 0.3) is 0 Å². The molecule has 0 spiro atoms. The van der Waals surface area contributed by atoms with Crippen molar-refractivity contribution in [3.63, 3.8) is 0 Å². The van der Waals surface area contributed by atoms with Gasteiger partial charge in [-0.1, -0.05) is 12.0 Å². The molecule has 1 saturated carbocycles. The van der Waals surface area contributed by atoms with Crippen LogP contribution in [0.3, 0.4) is 0 Å². The topological polar surface area (TPSA) is 26.0 Å². The Labute approximate surface area is 69.7 Å². The van der Waals surface area contributed by atoms with E-state index in [1.54, 1.807) is 0 Å². The number of nitrogens with two attached hydrogens (primary N) is 1. The Morgan fingerprint density at radius 2 is 2.27 bits per heavy atom. The zero-order valence-corrected chi connectivity index (χ0v) is 7.47. The fourth-order valence-corrected chi connectivity index (χ4v) is 1.52. The second kappa shape index (κ2) is 3.91. The van der Waals surface area contributed by atoms with Gasteiger partial charge in [-0.3, -0.25) is 0 Å². The molecule has 1 unspecified atom stereocenters. The van der Waals surface area contributed by atoms with Crippen LogP contribution in [-0.4, -0.2) is 6.04 Å². The molecule has 1 fully saturated rings. The summed E-state index contributed by atoms with van der Waals surface area (Å²) in [6, 6.07) is 0.445. The van der Waals surface area contributed by atoms with Crippen molar-refractivity contribution in [3.8, 4) is 0 Å². The maximum absolute atomic E-state index is 5.99. The number of rotatable bonds is 4. The van der Waals surface area contributed by atoms with Gasteiger partial charge in [0.1, 0.15) is 0 Å². The molecule has 0 heterocycles. The third-order valence-corrected chi connectivity index (χ3v) is 2.66. The average Bonchev–Trinajstić information content (AvgIpc) is 1.79. The van der Waals surface area contributed by atoms with Gasteiger partial charge in [-0.25, -0.2) is 0 Å². The SMILES string of the molecule is C=C(C)CCC(N)C1CCC1. The molecule has 1 aliphatic carbocycles. The lowest BCUT2D eigenvalue weighted by molar-refractivity contribution is 0.253. The average molecular weight is 153 g/mol. The summed E-state index contributed by atoms with van der Waals surface area (Å²) >= 11 is 0. The molecule has 1 atom stereocenters. The molecule has 11 heavy (non-hydrogen) atoms. The highest BCUT2D eigenvalue weighted by atomic mass is 14.7. The summed E-state index contributed by atoms with van der Waals surface area (Å²) in [7, 11) is 0. The summed E-state index contributed by atoms with van der Waals surface area (Å²) in [4.78, 5) is 0. The van der Waals surface area contributed by atoms with E-state index in [4.69, 9.17) is 5.73 Å². The molecule has 64 valence electrons. The van der Waals surface area contributed by atoms with Crippen LogP contribution in [0, 0.1) is 5.92 Å². The monoisotopic (exact) mass is 153 g/mol. The first-order valence-electron chi connectivity index (χ1n) is 4.60. The van der Waals surface area contributed by atoms with E-state index in [-0.39, 0.29) is 0 Å². The molecule has 0 aromatic carbocycles. The molecular formula is C10H19N. The molecule has 0 aromatic heterocycles. The molecule has 0 bridgehead atoms. The molecule has 1 heteroatoms. The summed E-state index contributed by atoms with van der Waals surface area (Å²) in [6.45, 7) is 5.95. The molecule has 0 saturated heterocycles. The highest BCUT2D eigenvalue weighted by Gasteiger charge is 2.23. The van der Waals surface area contributed by atoms with Crippen LogP contribution in [0.1, 0.15) is 39.0 Å². The van der Waals surface area contributed by atoms with Gasteiger partial charge in [-0.2, -0.15) is 0 Å². The Bertz CT molecular complexity index is 136. The van der Waals surface area contributed by atoms with E-state index < -0.39 is 0 Å². The highest BCUT2D eigenvalue weighted by molar-refractivity contribution is 4.90. The molecule has 0 aliphatic heterocycles. The van der Waals surface area contributed by atoms with E-state index in [1.807, 2.05) is 0 Å². The van der Waals surface area contributed by atoms with Crippen molar-refractivity contribution in [2.75, 3.05) is 0 Å². The normalized spacial score (nSPS) is 20.9. The van der Waals surface area contributed by atoms with E-state index in [0.717, 1.165) is 18.8 Å². The van der Waals surface area contributed by atoms with E-state index >= 15 is 0 Å². The van der Waals surface area contributed by atoms with Gasteiger partial charge in [0, 0.05) is 6.04 Å². The lowest BCUT2D eigenvalue weighted by Gasteiger charge is -2.31. The van der Waals surface area contributed by atoms with Crippen molar-refractivity contribution in [3.05, 3.63) is 12.2 Å². The zero-order chi connectivity index (χ0) is 8.27. The molecule has 0 amide bonds. The first-order chi connectivity index (χ1) is 5.20. The summed E-state index contributed by atoms with van der Waals surface area (Å²) in [6.07, 6.45) is 6.36. The Morgan fingerprint density at radius 1 is 1.64 bits per heavy atom. The maximum Gasteiger partial charge on any atom is 0.00702 e. The number of allylic oxidation sites excluding steroid dienone is 1. The van der Waals surface area contributed by atoms with Crippen LogP contribution < -0.4 is 5.73 Å². The summed E-state index contributed by atoms with van der Waals surface area (Å²) in [5.41, 5.74) is 7.25. The zero-order valence-electron chi connectivity index (χ0n) is 7.47. The minimum Gasteiger partial charge on any atom is -0.327 e. The van der Waals surface area contributed by atoms with Crippen LogP contribution in [-0.2, 0) is 0 Å². The van der Waals surface area contributed by atoms with Crippen molar-refractivity contribution >= 4 is 0 Å². The Hall–Kier alpha value is -0.300. The maximum atomic E-state index is 5.99. The predicted molar refractivity (Wildman–Crippen MR) is 49.4 cm³/mol. The lowest BCUT2D eigenvalue weighted by Crippen LogP contribution is -2.34. The summed E-state index contributed by atoms with van der Waals surface area (Å²) < 4.78 is 0. The molecule has 2 N–H and O–H groups in total. The fraction of sp³-hybridized carbons (Fsp3) is 0.800. The van der Waals surface area contributed by atoms with Crippen molar-refractivity contribution in [1.29, 1.82) is 0 Å². The van der Waals surface area contributed by atoms with Gasteiger partial charge in [0.05, 0.1) is 0 Å². The van der Waals surface area contributed by atoms with Crippen LogP contribution in [0.25, 0.3) is 0 Å². The Kier molecular flexibility index (Phi) is 3.13. The smallest absolute Gasteiger partial charge is 0.00702 e. The predicted octanol–water partition coefficient (Wildman–Crippen LogP) is 2.47. The minimum atomic E-state index is 0.445.